The highest BCUT2D eigenvalue weighted by molar-refractivity contribution is 5.90. The molecular formula is C17H19FN2O2. The first-order valence-electron chi connectivity index (χ1n) is 7.20. The van der Waals surface area contributed by atoms with E-state index in [-0.39, 0.29) is 11.8 Å². The van der Waals surface area contributed by atoms with Gasteiger partial charge in [-0.15, -0.1) is 0 Å². The Morgan fingerprint density at radius 3 is 2.59 bits per heavy atom. The van der Waals surface area contributed by atoms with Gasteiger partial charge in [-0.2, -0.15) is 0 Å². The smallest absolute Gasteiger partial charge is 0.319 e. The Hall–Kier alpha value is -2.56. The minimum atomic E-state index is -0.297. The lowest BCUT2D eigenvalue weighted by Crippen LogP contribution is -2.30. The number of hydrogen-bond donors (Lipinski definition) is 2. The lowest BCUT2D eigenvalue weighted by atomic mass is 10.1. The second-order valence-corrected chi connectivity index (χ2v) is 4.69. The maximum atomic E-state index is 12.8. The second-order valence-electron chi connectivity index (χ2n) is 4.69. The summed E-state index contributed by atoms with van der Waals surface area (Å²) < 4.78 is 18.2. The zero-order valence-electron chi connectivity index (χ0n) is 12.4. The van der Waals surface area contributed by atoms with Crippen molar-refractivity contribution >= 4 is 11.7 Å². The maximum absolute atomic E-state index is 12.8. The highest BCUT2D eigenvalue weighted by Crippen LogP contribution is 2.23. The van der Waals surface area contributed by atoms with Gasteiger partial charge in [0, 0.05) is 6.54 Å². The van der Waals surface area contributed by atoms with Crippen LogP contribution in [-0.4, -0.2) is 19.2 Å². The molecule has 0 aliphatic heterocycles. The molecule has 0 aliphatic carbocycles. The summed E-state index contributed by atoms with van der Waals surface area (Å²) in [7, 11) is 0. The van der Waals surface area contributed by atoms with Crippen LogP contribution in [0.3, 0.4) is 0 Å². The first-order chi connectivity index (χ1) is 10.7. The van der Waals surface area contributed by atoms with Crippen molar-refractivity contribution in [1.29, 1.82) is 0 Å². The average Bonchev–Trinajstić information content (AvgIpc) is 2.51. The zero-order valence-corrected chi connectivity index (χ0v) is 12.4. The molecule has 0 unspecified atom stereocenters. The molecule has 0 saturated heterocycles. The summed E-state index contributed by atoms with van der Waals surface area (Å²) >= 11 is 0. The molecule has 0 aromatic heterocycles. The van der Waals surface area contributed by atoms with Crippen LogP contribution in [0.25, 0.3) is 0 Å². The fourth-order valence-electron chi connectivity index (χ4n) is 1.99. The molecule has 0 spiro atoms. The van der Waals surface area contributed by atoms with Crippen LogP contribution >= 0.6 is 0 Å². The van der Waals surface area contributed by atoms with Crippen molar-refractivity contribution in [3.8, 4) is 5.75 Å². The fraction of sp³-hybridized carbons (Fsp3) is 0.235. The molecule has 22 heavy (non-hydrogen) atoms. The summed E-state index contributed by atoms with van der Waals surface area (Å²) in [4.78, 5) is 11.9. The number of para-hydroxylation sites is 2. The number of carbonyl (C=O) groups is 1. The van der Waals surface area contributed by atoms with E-state index >= 15 is 0 Å². The summed E-state index contributed by atoms with van der Waals surface area (Å²) in [5.74, 6) is 0.376. The highest BCUT2D eigenvalue weighted by atomic mass is 19.1. The topological polar surface area (TPSA) is 50.4 Å². The van der Waals surface area contributed by atoms with Crippen molar-refractivity contribution in [3.05, 3.63) is 59.9 Å². The van der Waals surface area contributed by atoms with Crippen LogP contribution < -0.4 is 15.4 Å². The number of ether oxygens (including phenoxy) is 1. The van der Waals surface area contributed by atoms with Gasteiger partial charge < -0.3 is 15.4 Å². The van der Waals surface area contributed by atoms with Gasteiger partial charge in [0.2, 0.25) is 0 Å². The van der Waals surface area contributed by atoms with Gasteiger partial charge in [0.05, 0.1) is 12.3 Å². The Bertz CT molecular complexity index is 614. The van der Waals surface area contributed by atoms with E-state index in [1.54, 1.807) is 24.3 Å². The van der Waals surface area contributed by atoms with Crippen molar-refractivity contribution < 1.29 is 13.9 Å². The molecule has 0 bridgehead atoms. The van der Waals surface area contributed by atoms with Gasteiger partial charge in [-0.05, 0) is 43.2 Å². The molecule has 116 valence electrons. The van der Waals surface area contributed by atoms with E-state index in [4.69, 9.17) is 4.74 Å². The van der Waals surface area contributed by atoms with E-state index in [0.717, 1.165) is 5.56 Å². The van der Waals surface area contributed by atoms with Crippen molar-refractivity contribution in [2.45, 2.75) is 13.3 Å². The molecule has 0 atom stereocenters. The van der Waals surface area contributed by atoms with Crippen LogP contribution in [0.2, 0.25) is 0 Å². The van der Waals surface area contributed by atoms with Crippen molar-refractivity contribution in [2.24, 2.45) is 0 Å². The summed E-state index contributed by atoms with van der Waals surface area (Å²) in [6.07, 6.45) is 0.640. The number of benzene rings is 2. The van der Waals surface area contributed by atoms with E-state index in [0.29, 0.717) is 31.0 Å². The molecule has 2 aromatic carbocycles. The van der Waals surface area contributed by atoms with Gasteiger partial charge >= 0.3 is 6.03 Å². The van der Waals surface area contributed by atoms with Gasteiger partial charge in [-0.1, -0.05) is 24.3 Å². The third-order valence-corrected chi connectivity index (χ3v) is 3.05. The van der Waals surface area contributed by atoms with Crippen LogP contribution in [0, 0.1) is 5.82 Å². The number of carbonyl (C=O) groups excluding carboxylic acids is 1. The fourth-order valence-corrected chi connectivity index (χ4v) is 1.99. The first kappa shape index (κ1) is 15.8. The Balaban J connectivity index is 1.82. The van der Waals surface area contributed by atoms with Crippen LogP contribution in [0.5, 0.6) is 5.75 Å². The number of nitrogens with one attached hydrogen (secondary N) is 2. The van der Waals surface area contributed by atoms with Gasteiger partial charge in [0.1, 0.15) is 11.6 Å². The number of halogens is 1. The summed E-state index contributed by atoms with van der Waals surface area (Å²) in [5, 5.41) is 5.52. The average molecular weight is 302 g/mol. The molecular weight excluding hydrogens is 283 g/mol. The normalized spacial score (nSPS) is 10.1. The van der Waals surface area contributed by atoms with Gasteiger partial charge in [0.25, 0.3) is 0 Å². The number of anilines is 1. The third kappa shape index (κ3) is 4.77. The Labute approximate surface area is 129 Å². The van der Waals surface area contributed by atoms with E-state index in [2.05, 4.69) is 10.6 Å². The van der Waals surface area contributed by atoms with Crippen LogP contribution in [0.4, 0.5) is 14.9 Å². The Kier molecular flexibility index (Phi) is 5.77. The molecule has 4 nitrogen and oxygen atoms in total. The summed E-state index contributed by atoms with van der Waals surface area (Å²) in [6.45, 7) is 2.89. The third-order valence-electron chi connectivity index (χ3n) is 3.05. The molecule has 5 heteroatoms. The van der Waals surface area contributed by atoms with Crippen molar-refractivity contribution in [2.75, 3.05) is 18.5 Å². The predicted octanol–water partition coefficient (Wildman–Crippen LogP) is 3.59. The molecule has 0 aliphatic rings. The van der Waals surface area contributed by atoms with Gasteiger partial charge in [-0.3, -0.25) is 0 Å². The lowest BCUT2D eigenvalue weighted by Gasteiger charge is -2.12. The highest BCUT2D eigenvalue weighted by Gasteiger charge is 2.06. The monoisotopic (exact) mass is 302 g/mol. The predicted molar refractivity (Wildman–Crippen MR) is 84.7 cm³/mol. The molecule has 2 rings (SSSR count). The lowest BCUT2D eigenvalue weighted by molar-refractivity contribution is 0.252. The minimum Gasteiger partial charge on any atom is -0.492 e. The second kappa shape index (κ2) is 8.02. The Morgan fingerprint density at radius 2 is 1.86 bits per heavy atom. The maximum Gasteiger partial charge on any atom is 0.319 e. The quantitative estimate of drug-likeness (QED) is 0.856. The van der Waals surface area contributed by atoms with Crippen molar-refractivity contribution in [1.82, 2.24) is 5.32 Å². The summed E-state index contributed by atoms with van der Waals surface area (Å²) in [6, 6.07) is 13.2. The SMILES string of the molecule is CCOc1ccccc1NC(=O)NCCc1ccc(F)cc1. The zero-order chi connectivity index (χ0) is 15.8. The summed E-state index contributed by atoms with van der Waals surface area (Å²) in [5.41, 5.74) is 1.60. The number of hydrogen-bond acceptors (Lipinski definition) is 2. The largest absolute Gasteiger partial charge is 0.492 e. The van der Waals surface area contributed by atoms with Crippen LogP contribution in [0.15, 0.2) is 48.5 Å². The van der Waals surface area contributed by atoms with Gasteiger partial charge in [0.15, 0.2) is 0 Å². The standard InChI is InChI=1S/C17H19FN2O2/c1-2-22-16-6-4-3-5-15(16)20-17(21)19-12-11-13-7-9-14(18)10-8-13/h3-10H,2,11-12H2,1H3,(H2,19,20,21). The molecule has 2 N–H and O–H groups in total. The van der Waals surface area contributed by atoms with E-state index in [1.165, 1.54) is 12.1 Å². The molecule has 2 aromatic rings. The molecule has 2 amide bonds. The molecule has 0 fully saturated rings. The number of urea groups is 1. The van der Waals surface area contributed by atoms with Crippen LogP contribution in [0.1, 0.15) is 12.5 Å². The molecule has 0 heterocycles. The number of amides is 2. The first-order valence-corrected chi connectivity index (χ1v) is 7.20. The van der Waals surface area contributed by atoms with E-state index in [1.807, 2.05) is 19.1 Å². The number of rotatable bonds is 6. The van der Waals surface area contributed by atoms with Crippen molar-refractivity contribution in [3.63, 3.8) is 0 Å². The van der Waals surface area contributed by atoms with E-state index in [9.17, 15) is 9.18 Å². The molecule has 0 saturated carbocycles. The van der Waals surface area contributed by atoms with E-state index < -0.39 is 0 Å². The van der Waals surface area contributed by atoms with Crippen LogP contribution in [-0.2, 0) is 6.42 Å². The van der Waals surface area contributed by atoms with Gasteiger partial charge in [-0.25, -0.2) is 9.18 Å². The minimum absolute atomic E-state index is 0.262. The molecule has 0 radical (unpaired) electrons. The Morgan fingerprint density at radius 1 is 1.14 bits per heavy atom.